The van der Waals surface area contributed by atoms with E-state index in [4.69, 9.17) is 5.73 Å². The zero-order valence-corrected chi connectivity index (χ0v) is 13.1. The lowest BCUT2D eigenvalue weighted by Crippen LogP contribution is -2.46. The van der Waals surface area contributed by atoms with Crippen LogP contribution in [0.2, 0.25) is 0 Å². The topological polar surface area (TPSA) is 42.2 Å². The summed E-state index contributed by atoms with van der Waals surface area (Å²) >= 11 is 0. The first-order valence-electron chi connectivity index (χ1n) is 7.89. The van der Waals surface area contributed by atoms with Gasteiger partial charge in [-0.05, 0) is 61.8 Å². The Hall–Kier alpha value is -0.930. The summed E-state index contributed by atoms with van der Waals surface area (Å²) in [5.41, 5.74) is 7.74. The third-order valence-electron chi connectivity index (χ3n) is 4.78. The van der Waals surface area contributed by atoms with Crippen LogP contribution in [0.4, 0.5) is 0 Å². The Labute approximate surface area is 123 Å². The minimum Gasteiger partial charge on any atom is -0.327 e. The van der Waals surface area contributed by atoms with E-state index >= 15 is 0 Å². The molecule has 1 aromatic rings. The summed E-state index contributed by atoms with van der Waals surface area (Å²) in [7, 11) is 2.22. The Morgan fingerprint density at radius 3 is 2.60 bits per heavy atom. The van der Waals surface area contributed by atoms with E-state index < -0.39 is 0 Å². The lowest BCUT2D eigenvalue weighted by atomic mass is 9.72. The molecule has 0 amide bonds. The highest BCUT2D eigenvalue weighted by atomic mass is 15.1. The molecule has 0 radical (unpaired) electrons. The number of pyridine rings is 1. The number of nitrogens with zero attached hydrogens (tertiary/aromatic N) is 2. The largest absolute Gasteiger partial charge is 0.327 e. The Kier molecular flexibility index (Phi) is 5.55. The molecule has 1 heterocycles. The SMILES string of the molecule is CC1CC(C)C(CN(C)CCc2ccncc2)C(N)C1. The summed E-state index contributed by atoms with van der Waals surface area (Å²) in [6.07, 6.45) is 7.35. The van der Waals surface area contributed by atoms with Crippen LogP contribution < -0.4 is 5.73 Å². The maximum absolute atomic E-state index is 6.38. The van der Waals surface area contributed by atoms with Gasteiger partial charge in [0.15, 0.2) is 0 Å². The first-order valence-corrected chi connectivity index (χ1v) is 7.89. The second-order valence-electron chi connectivity index (χ2n) is 6.75. The fourth-order valence-electron chi connectivity index (χ4n) is 3.60. The fraction of sp³-hybridized carbons (Fsp3) is 0.706. The zero-order chi connectivity index (χ0) is 14.5. The van der Waals surface area contributed by atoms with Crippen molar-refractivity contribution < 1.29 is 0 Å². The highest BCUT2D eigenvalue weighted by Crippen LogP contribution is 2.33. The quantitative estimate of drug-likeness (QED) is 0.898. The molecule has 1 aliphatic carbocycles. The maximum Gasteiger partial charge on any atom is 0.0270 e. The van der Waals surface area contributed by atoms with Gasteiger partial charge in [0.25, 0.3) is 0 Å². The molecule has 20 heavy (non-hydrogen) atoms. The molecule has 4 atom stereocenters. The lowest BCUT2D eigenvalue weighted by Gasteiger charge is -2.39. The van der Waals surface area contributed by atoms with Gasteiger partial charge in [-0.25, -0.2) is 0 Å². The van der Waals surface area contributed by atoms with E-state index in [0.717, 1.165) is 31.3 Å². The van der Waals surface area contributed by atoms with E-state index in [1.165, 1.54) is 18.4 Å². The van der Waals surface area contributed by atoms with Crippen LogP contribution in [-0.2, 0) is 6.42 Å². The van der Waals surface area contributed by atoms with Crippen LogP contribution in [0.1, 0.15) is 32.3 Å². The summed E-state index contributed by atoms with van der Waals surface area (Å²) in [4.78, 5) is 6.50. The predicted octanol–water partition coefficient (Wildman–Crippen LogP) is 2.57. The molecule has 1 aliphatic rings. The highest BCUT2D eigenvalue weighted by molar-refractivity contribution is 5.09. The molecule has 3 nitrogen and oxygen atoms in total. The minimum atomic E-state index is 0.372. The van der Waals surface area contributed by atoms with Crippen LogP contribution in [0.3, 0.4) is 0 Å². The molecule has 112 valence electrons. The average molecular weight is 275 g/mol. The van der Waals surface area contributed by atoms with Crippen LogP contribution >= 0.6 is 0 Å². The van der Waals surface area contributed by atoms with Gasteiger partial charge in [0, 0.05) is 31.5 Å². The van der Waals surface area contributed by atoms with Gasteiger partial charge < -0.3 is 10.6 Å². The van der Waals surface area contributed by atoms with Gasteiger partial charge in [-0.3, -0.25) is 4.98 Å². The Bertz CT molecular complexity index is 380. The molecule has 3 heteroatoms. The van der Waals surface area contributed by atoms with E-state index in [2.05, 4.69) is 42.9 Å². The van der Waals surface area contributed by atoms with Gasteiger partial charge in [-0.1, -0.05) is 13.8 Å². The zero-order valence-electron chi connectivity index (χ0n) is 13.1. The van der Waals surface area contributed by atoms with Gasteiger partial charge in [0.1, 0.15) is 0 Å². The monoisotopic (exact) mass is 275 g/mol. The van der Waals surface area contributed by atoms with Gasteiger partial charge in [-0.15, -0.1) is 0 Å². The maximum atomic E-state index is 6.38. The van der Waals surface area contributed by atoms with Crippen LogP contribution in [0, 0.1) is 17.8 Å². The van der Waals surface area contributed by atoms with Crippen molar-refractivity contribution in [3.63, 3.8) is 0 Å². The van der Waals surface area contributed by atoms with Crippen LogP contribution in [0.15, 0.2) is 24.5 Å². The van der Waals surface area contributed by atoms with Crippen molar-refractivity contribution in [2.45, 2.75) is 39.2 Å². The molecule has 1 aromatic heterocycles. The summed E-state index contributed by atoms with van der Waals surface area (Å²) in [5.74, 6) is 2.18. The highest BCUT2D eigenvalue weighted by Gasteiger charge is 2.32. The molecule has 0 saturated heterocycles. The van der Waals surface area contributed by atoms with Gasteiger partial charge >= 0.3 is 0 Å². The molecule has 0 aliphatic heterocycles. The molecule has 1 fully saturated rings. The smallest absolute Gasteiger partial charge is 0.0270 e. The summed E-state index contributed by atoms with van der Waals surface area (Å²) < 4.78 is 0. The average Bonchev–Trinajstić information content (AvgIpc) is 2.42. The molecule has 4 unspecified atom stereocenters. The lowest BCUT2D eigenvalue weighted by molar-refractivity contribution is 0.130. The third-order valence-corrected chi connectivity index (χ3v) is 4.78. The summed E-state index contributed by atoms with van der Waals surface area (Å²) in [5, 5.41) is 0. The van der Waals surface area contributed by atoms with Gasteiger partial charge in [0.2, 0.25) is 0 Å². The number of rotatable bonds is 5. The Balaban J connectivity index is 1.80. The summed E-state index contributed by atoms with van der Waals surface area (Å²) in [6, 6.07) is 4.58. The van der Waals surface area contributed by atoms with Crippen molar-refractivity contribution >= 4 is 0 Å². The normalized spacial score (nSPS) is 30.6. The van der Waals surface area contributed by atoms with Crippen molar-refractivity contribution in [2.24, 2.45) is 23.5 Å². The second-order valence-corrected chi connectivity index (χ2v) is 6.75. The van der Waals surface area contributed by atoms with Crippen molar-refractivity contribution in [2.75, 3.05) is 20.1 Å². The fourth-order valence-corrected chi connectivity index (χ4v) is 3.60. The number of nitrogens with two attached hydrogens (primary N) is 1. The number of aromatic nitrogens is 1. The van der Waals surface area contributed by atoms with Crippen LogP contribution in [-0.4, -0.2) is 36.1 Å². The van der Waals surface area contributed by atoms with E-state index in [1.54, 1.807) is 0 Å². The molecule has 0 aromatic carbocycles. The predicted molar refractivity (Wildman–Crippen MR) is 84.5 cm³/mol. The van der Waals surface area contributed by atoms with E-state index in [0.29, 0.717) is 12.0 Å². The van der Waals surface area contributed by atoms with E-state index in [9.17, 15) is 0 Å². The number of likely N-dealkylation sites (N-methyl/N-ethyl adjacent to an activating group) is 1. The number of hydrogen-bond donors (Lipinski definition) is 1. The molecule has 2 rings (SSSR count). The molecule has 0 bridgehead atoms. The van der Waals surface area contributed by atoms with Crippen molar-refractivity contribution in [3.8, 4) is 0 Å². The molecule has 1 saturated carbocycles. The van der Waals surface area contributed by atoms with Crippen molar-refractivity contribution in [3.05, 3.63) is 30.1 Å². The second kappa shape index (κ2) is 7.19. The Morgan fingerprint density at radius 2 is 1.95 bits per heavy atom. The number of hydrogen-bond acceptors (Lipinski definition) is 3. The molecular formula is C17H29N3. The van der Waals surface area contributed by atoms with Crippen molar-refractivity contribution in [1.29, 1.82) is 0 Å². The minimum absolute atomic E-state index is 0.372. The Morgan fingerprint density at radius 1 is 1.25 bits per heavy atom. The molecular weight excluding hydrogens is 246 g/mol. The molecule has 0 spiro atoms. The van der Waals surface area contributed by atoms with Gasteiger partial charge in [-0.2, -0.15) is 0 Å². The standard InChI is InChI=1S/C17H29N3/c1-13-10-14(2)16(17(18)11-13)12-20(3)9-6-15-4-7-19-8-5-15/h4-5,7-8,13-14,16-17H,6,9-12,18H2,1-3H3. The third kappa shape index (κ3) is 4.29. The van der Waals surface area contributed by atoms with E-state index in [1.807, 2.05) is 12.4 Å². The van der Waals surface area contributed by atoms with Gasteiger partial charge in [0.05, 0.1) is 0 Å². The van der Waals surface area contributed by atoms with Crippen LogP contribution in [0.25, 0.3) is 0 Å². The first-order chi connectivity index (χ1) is 9.56. The van der Waals surface area contributed by atoms with Crippen molar-refractivity contribution in [1.82, 2.24) is 9.88 Å². The first kappa shape index (κ1) is 15.5. The summed E-state index contributed by atoms with van der Waals surface area (Å²) in [6.45, 7) is 6.92. The van der Waals surface area contributed by atoms with Crippen LogP contribution in [0.5, 0.6) is 0 Å². The molecule has 2 N–H and O–H groups in total. The van der Waals surface area contributed by atoms with E-state index in [-0.39, 0.29) is 0 Å².